The van der Waals surface area contributed by atoms with Gasteiger partial charge in [0.05, 0.1) is 5.69 Å². The number of anilines is 1. The van der Waals surface area contributed by atoms with Gasteiger partial charge in [-0.1, -0.05) is 30.9 Å². The van der Waals surface area contributed by atoms with Crippen molar-refractivity contribution in [2.24, 2.45) is 0 Å². The van der Waals surface area contributed by atoms with E-state index in [0.717, 1.165) is 22.6 Å². The fraction of sp³-hybridized carbons (Fsp3) is 0.625. The SMILES string of the molecule is CC1CNC2(CCCCC2)CN1c1cc(Cl)ccc1Br. The second kappa shape index (κ2) is 5.86. The van der Waals surface area contributed by atoms with Gasteiger partial charge in [-0.2, -0.15) is 0 Å². The molecule has 2 aliphatic rings. The van der Waals surface area contributed by atoms with Crippen molar-refractivity contribution in [3.05, 3.63) is 27.7 Å². The molecule has 20 heavy (non-hydrogen) atoms. The summed E-state index contributed by atoms with van der Waals surface area (Å²) in [5.74, 6) is 0. The summed E-state index contributed by atoms with van der Waals surface area (Å²) in [6, 6.07) is 6.58. The maximum atomic E-state index is 6.20. The molecule has 1 saturated carbocycles. The number of rotatable bonds is 1. The molecule has 1 saturated heterocycles. The second-order valence-corrected chi connectivity index (χ2v) is 7.59. The van der Waals surface area contributed by atoms with Crippen molar-refractivity contribution in [1.82, 2.24) is 5.32 Å². The molecule has 1 aliphatic heterocycles. The van der Waals surface area contributed by atoms with Crippen LogP contribution in [0, 0.1) is 0 Å². The molecule has 1 N–H and O–H groups in total. The van der Waals surface area contributed by atoms with Crippen molar-refractivity contribution >= 4 is 33.2 Å². The van der Waals surface area contributed by atoms with E-state index >= 15 is 0 Å². The first-order valence-corrected chi connectivity index (χ1v) is 8.73. The number of nitrogens with zero attached hydrogens (tertiary/aromatic N) is 1. The van der Waals surface area contributed by atoms with E-state index in [1.165, 1.54) is 37.8 Å². The molecule has 2 fully saturated rings. The summed E-state index contributed by atoms with van der Waals surface area (Å²) in [6.45, 7) is 4.43. The standard InChI is InChI=1S/C16H22BrClN2/c1-12-10-19-16(7-3-2-4-8-16)11-20(12)15-9-13(18)5-6-14(15)17/h5-6,9,12,19H,2-4,7-8,10-11H2,1H3. The number of benzene rings is 1. The van der Waals surface area contributed by atoms with Crippen LogP contribution in [0.4, 0.5) is 5.69 Å². The van der Waals surface area contributed by atoms with Crippen LogP contribution in [0.5, 0.6) is 0 Å². The van der Waals surface area contributed by atoms with Crippen LogP contribution in [-0.2, 0) is 0 Å². The molecule has 1 spiro atoms. The monoisotopic (exact) mass is 356 g/mol. The molecule has 2 nitrogen and oxygen atoms in total. The van der Waals surface area contributed by atoms with Crippen LogP contribution in [0.1, 0.15) is 39.0 Å². The molecule has 1 aromatic carbocycles. The molecule has 0 amide bonds. The van der Waals surface area contributed by atoms with E-state index in [2.05, 4.69) is 45.2 Å². The molecule has 1 atom stereocenters. The number of halogens is 2. The van der Waals surface area contributed by atoms with Gasteiger partial charge in [-0.3, -0.25) is 0 Å². The zero-order valence-corrected chi connectivity index (χ0v) is 14.3. The Labute approximate surface area is 135 Å². The summed E-state index contributed by atoms with van der Waals surface area (Å²) in [5.41, 5.74) is 1.54. The molecule has 0 radical (unpaired) electrons. The lowest BCUT2D eigenvalue weighted by molar-refractivity contribution is 0.200. The van der Waals surface area contributed by atoms with Crippen molar-refractivity contribution in [3.8, 4) is 0 Å². The largest absolute Gasteiger partial charge is 0.365 e. The minimum absolute atomic E-state index is 0.312. The summed E-state index contributed by atoms with van der Waals surface area (Å²) >= 11 is 9.88. The van der Waals surface area contributed by atoms with Gasteiger partial charge in [0.2, 0.25) is 0 Å². The normalized spacial score (nSPS) is 25.9. The predicted octanol–water partition coefficient (Wildman–Crippen LogP) is 4.60. The summed E-state index contributed by atoms with van der Waals surface area (Å²) in [6.07, 6.45) is 6.69. The van der Waals surface area contributed by atoms with Crippen LogP contribution >= 0.6 is 27.5 Å². The van der Waals surface area contributed by atoms with E-state index in [1.54, 1.807) is 0 Å². The lowest BCUT2D eigenvalue weighted by Crippen LogP contribution is -2.64. The molecular weight excluding hydrogens is 336 g/mol. The van der Waals surface area contributed by atoms with Gasteiger partial charge in [0.15, 0.2) is 0 Å². The average Bonchev–Trinajstić information content (AvgIpc) is 2.46. The highest BCUT2D eigenvalue weighted by molar-refractivity contribution is 9.10. The van der Waals surface area contributed by atoms with E-state index in [0.29, 0.717) is 11.6 Å². The third-order valence-corrected chi connectivity index (χ3v) is 5.71. The summed E-state index contributed by atoms with van der Waals surface area (Å²) in [4.78, 5) is 2.53. The van der Waals surface area contributed by atoms with Gasteiger partial charge in [0, 0.05) is 34.2 Å². The molecular formula is C16H22BrClN2. The van der Waals surface area contributed by atoms with E-state index in [9.17, 15) is 0 Å². The van der Waals surface area contributed by atoms with E-state index in [4.69, 9.17) is 11.6 Å². The smallest absolute Gasteiger partial charge is 0.0529 e. The molecule has 0 aromatic heterocycles. The average molecular weight is 358 g/mol. The first kappa shape index (κ1) is 14.7. The number of piperazine rings is 1. The summed E-state index contributed by atoms with van der Waals surface area (Å²) < 4.78 is 1.14. The Kier molecular flexibility index (Phi) is 4.30. The first-order chi connectivity index (χ1) is 9.60. The van der Waals surface area contributed by atoms with Gasteiger partial charge in [-0.05, 0) is 53.9 Å². The third kappa shape index (κ3) is 2.86. The Morgan fingerprint density at radius 3 is 2.80 bits per heavy atom. The van der Waals surface area contributed by atoms with Crippen LogP contribution in [-0.4, -0.2) is 24.7 Å². The second-order valence-electron chi connectivity index (χ2n) is 6.29. The maximum absolute atomic E-state index is 6.20. The molecule has 1 unspecified atom stereocenters. The van der Waals surface area contributed by atoms with Gasteiger partial charge >= 0.3 is 0 Å². The van der Waals surface area contributed by atoms with E-state index in [1.807, 2.05) is 6.07 Å². The molecule has 4 heteroatoms. The quantitative estimate of drug-likeness (QED) is 0.790. The van der Waals surface area contributed by atoms with E-state index < -0.39 is 0 Å². The predicted molar refractivity (Wildman–Crippen MR) is 89.8 cm³/mol. The summed E-state index contributed by atoms with van der Waals surface area (Å²) in [7, 11) is 0. The highest BCUT2D eigenvalue weighted by Crippen LogP contribution is 2.37. The number of hydrogen-bond donors (Lipinski definition) is 1. The molecule has 110 valence electrons. The molecule has 1 aromatic rings. The Hall–Kier alpha value is -0.250. The minimum atomic E-state index is 0.312. The number of nitrogens with one attached hydrogen (secondary N) is 1. The highest BCUT2D eigenvalue weighted by Gasteiger charge is 2.39. The fourth-order valence-electron chi connectivity index (χ4n) is 3.60. The Bertz CT molecular complexity index is 485. The fourth-order valence-corrected chi connectivity index (χ4v) is 4.24. The van der Waals surface area contributed by atoms with Crippen LogP contribution in [0.25, 0.3) is 0 Å². The first-order valence-electron chi connectivity index (χ1n) is 7.56. The van der Waals surface area contributed by atoms with Crippen molar-refractivity contribution < 1.29 is 0 Å². The molecule has 1 aliphatic carbocycles. The van der Waals surface area contributed by atoms with Gasteiger partial charge in [0.1, 0.15) is 0 Å². The van der Waals surface area contributed by atoms with Crippen LogP contribution in [0.3, 0.4) is 0 Å². The maximum Gasteiger partial charge on any atom is 0.0529 e. The van der Waals surface area contributed by atoms with E-state index in [-0.39, 0.29) is 0 Å². The van der Waals surface area contributed by atoms with Gasteiger partial charge in [-0.15, -0.1) is 0 Å². The summed E-state index contributed by atoms with van der Waals surface area (Å²) in [5, 5.41) is 4.64. The van der Waals surface area contributed by atoms with Gasteiger partial charge < -0.3 is 10.2 Å². The highest BCUT2D eigenvalue weighted by atomic mass is 79.9. The van der Waals surface area contributed by atoms with Crippen molar-refractivity contribution in [1.29, 1.82) is 0 Å². The van der Waals surface area contributed by atoms with Crippen LogP contribution < -0.4 is 10.2 Å². The molecule has 3 rings (SSSR count). The van der Waals surface area contributed by atoms with Gasteiger partial charge in [-0.25, -0.2) is 0 Å². The van der Waals surface area contributed by atoms with Crippen molar-refractivity contribution in [2.75, 3.05) is 18.0 Å². The van der Waals surface area contributed by atoms with Crippen molar-refractivity contribution in [2.45, 2.75) is 50.6 Å². The zero-order chi connectivity index (χ0) is 14.2. The lowest BCUT2D eigenvalue weighted by atomic mass is 9.79. The Morgan fingerprint density at radius 1 is 1.30 bits per heavy atom. The van der Waals surface area contributed by atoms with Crippen molar-refractivity contribution in [3.63, 3.8) is 0 Å². The van der Waals surface area contributed by atoms with Crippen LogP contribution in [0.2, 0.25) is 5.02 Å². The number of hydrogen-bond acceptors (Lipinski definition) is 2. The molecule has 1 heterocycles. The lowest BCUT2D eigenvalue weighted by Gasteiger charge is -2.50. The topological polar surface area (TPSA) is 15.3 Å². The molecule has 0 bridgehead atoms. The minimum Gasteiger partial charge on any atom is -0.365 e. The van der Waals surface area contributed by atoms with Gasteiger partial charge in [0.25, 0.3) is 0 Å². The zero-order valence-electron chi connectivity index (χ0n) is 12.0. The Balaban J connectivity index is 1.88. The van der Waals surface area contributed by atoms with Crippen LogP contribution in [0.15, 0.2) is 22.7 Å². The third-order valence-electron chi connectivity index (χ3n) is 4.81. The Morgan fingerprint density at radius 2 is 2.05 bits per heavy atom.